The smallest absolute Gasteiger partial charge is 0.295 e. The molecule has 0 aliphatic carbocycles. The molecule has 1 fully saturated rings. The molecule has 4 rings (SSSR count). The van der Waals surface area contributed by atoms with E-state index < -0.39 is 17.7 Å². The molecule has 1 heterocycles. The average molecular weight is 429 g/mol. The van der Waals surface area contributed by atoms with Crippen molar-refractivity contribution in [1.29, 1.82) is 0 Å². The molecule has 3 aromatic carbocycles. The van der Waals surface area contributed by atoms with Gasteiger partial charge < -0.3 is 19.5 Å². The minimum atomic E-state index is -0.743. The summed E-state index contributed by atoms with van der Waals surface area (Å²) in [6, 6.07) is 22.6. The Morgan fingerprint density at radius 3 is 2.22 bits per heavy atom. The van der Waals surface area contributed by atoms with Gasteiger partial charge in [0.1, 0.15) is 17.3 Å². The Labute approximate surface area is 186 Å². The second-order valence-electron chi connectivity index (χ2n) is 7.42. The summed E-state index contributed by atoms with van der Waals surface area (Å²) in [7, 11) is 3.09. The van der Waals surface area contributed by atoms with Gasteiger partial charge in [-0.3, -0.25) is 9.59 Å². The van der Waals surface area contributed by atoms with Crippen LogP contribution in [0.2, 0.25) is 0 Å². The summed E-state index contributed by atoms with van der Waals surface area (Å²) < 4.78 is 10.5. The highest BCUT2D eigenvalue weighted by molar-refractivity contribution is 6.46. The van der Waals surface area contributed by atoms with Crippen LogP contribution in [-0.4, -0.2) is 35.9 Å². The highest BCUT2D eigenvalue weighted by Gasteiger charge is 2.46. The van der Waals surface area contributed by atoms with Crippen molar-refractivity contribution in [2.45, 2.75) is 12.6 Å². The van der Waals surface area contributed by atoms with Crippen molar-refractivity contribution in [3.05, 3.63) is 101 Å². The fourth-order valence-corrected chi connectivity index (χ4v) is 3.88. The van der Waals surface area contributed by atoms with Gasteiger partial charge in [0.25, 0.3) is 11.7 Å². The van der Waals surface area contributed by atoms with E-state index in [2.05, 4.69) is 0 Å². The van der Waals surface area contributed by atoms with Gasteiger partial charge in [0, 0.05) is 12.1 Å². The van der Waals surface area contributed by atoms with Gasteiger partial charge in [0.2, 0.25) is 0 Å². The number of aliphatic hydroxyl groups excluding tert-OH is 1. The van der Waals surface area contributed by atoms with Gasteiger partial charge in [-0.15, -0.1) is 0 Å². The monoisotopic (exact) mass is 429 g/mol. The third-order valence-corrected chi connectivity index (χ3v) is 5.51. The maximum absolute atomic E-state index is 13.1. The number of rotatable bonds is 6. The van der Waals surface area contributed by atoms with Gasteiger partial charge in [-0.2, -0.15) is 0 Å². The lowest BCUT2D eigenvalue weighted by molar-refractivity contribution is -0.140. The lowest BCUT2D eigenvalue weighted by Gasteiger charge is -2.25. The summed E-state index contributed by atoms with van der Waals surface area (Å²) in [5.41, 5.74) is 2.03. The van der Waals surface area contributed by atoms with Crippen molar-refractivity contribution in [3.63, 3.8) is 0 Å². The molecule has 32 heavy (non-hydrogen) atoms. The van der Waals surface area contributed by atoms with Crippen LogP contribution in [0, 0.1) is 0 Å². The van der Waals surface area contributed by atoms with Gasteiger partial charge in [-0.05, 0) is 35.4 Å². The highest BCUT2D eigenvalue weighted by Crippen LogP contribution is 2.41. The SMILES string of the molecule is COc1ccc(C2/C(=C(\O)c3cccc(OC)c3)C(=O)C(=O)N2Cc2ccccc2)cc1. The first-order chi connectivity index (χ1) is 15.5. The van der Waals surface area contributed by atoms with Crippen LogP contribution in [0.4, 0.5) is 0 Å². The molecule has 3 aromatic rings. The number of amides is 1. The van der Waals surface area contributed by atoms with Crippen LogP contribution in [-0.2, 0) is 16.1 Å². The Bertz CT molecular complexity index is 1170. The lowest BCUT2D eigenvalue weighted by atomic mass is 9.95. The number of aliphatic hydroxyl groups is 1. The zero-order valence-electron chi connectivity index (χ0n) is 17.8. The fourth-order valence-electron chi connectivity index (χ4n) is 3.88. The van der Waals surface area contributed by atoms with Crippen LogP contribution < -0.4 is 9.47 Å². The van der Waals surface area contributed by atoms with Crippen molar-refractivity contribution in [1.82, 2.24) is 4.90 Å². The maximum atomic E-state index is 13.1. The van der Waals surface area contributed by atoms with Crippen molar-refractivity contribution in [2.75, 3.05) is 14.2 Å². The number of benzene rings is 3. The molecule has 1 saturated heterocycles. The minimum Gasteiger partial charge on any atom is -0.507 e. The molecule has 1 amide bonds. The molecule has 0 saturated carbocycles. The number of nitrogens with zero attached hydrogens (tertiary/aromatic N) is 1. The van der Waals surface area contributed by atoms with E-state index in [1.807, 2.05) is 30.3 Å². The molecule has 0 radical (unpaired) electrons. The molecule has 6 nitrogen and oxygen atoms in total. The molecule has 6 heteroatoms. The lowest BCUT2D eigenvalue weighted by Crippen LogP contribution is -2.29. The van der Waals surface area contributed by atoms with E-state index in [1.54, 1.807) is 55.6 Å². The second kappa shape index (κ2) is 8.98. The number of ether oxygens (including phenoxy) is 2. The molecule has 0 bridgehead atoms. The average Bonchev–Trinajstić information content (AvgIpc) is 3.09. The summed E-state index contributed by atoms with van der Waals surface area (Å²) in [6.45, 7) is 0.233. The first kappa shape index (κ1) is 21.2. The molecule has 1 aliphatic rings. The van der Waals surface area contributed by atoms with Crippen molar-refractivity contribution in [3.8, 4) is 11.5 Å². The number of hydrogen-bond donors (Lipinski definition) is 1. The summed E-state index contributed by atoms with van der Waals surface area (Å²) in [5.74, 6) is -0.421. The summed E-state index contributed by atoms with van der Waals surface area (Å²) in [5, 5.41) is 11.1. The molecule has 162 valence electrons. The molecular weight excluding hydrogens is 406 g/mol. The van der Waals surface area contributed by atoms with Gasteiger partial charge in [0.05, 0.1) is 25.8 Å². The van der Waals surface area contributed by atoms with Crippen molar-refractivity contribution >= 4 is 17.4 Å². The number of Topliss-reactive ketones (excluding diaryl/α,β-unsaturated/α-hetero) is 1. The first-order valence-corrected chi connectivity index (χ1v) is 10.1. The fraction of sp³-hybridized carbons (Fsp3) is 0.154. The minimum absolute atomic E-state index is 0.0457. The van der Waals surface area contributed by atoms with Crippen LogP contribution >= 0.6 is 0 Å². The second-order valence-corrected chi connectivity index (χ2v) is 7.42. The van der Waals surface area contributed by atoms with Crippen LogP contribution in [0.3, 0.4) is 0 Å². The number of carbonyl (C=O) groups excluding carboxylic acids is 2. The van der Waals surface area contributed by atoms with Gasteiger partial charge >= 0.3 is 0 Å². The Morgan fingerprint density at radius 2 is 1.56 bits per heavy atom. The first-order valence-electron chi connectivity index (χ1n) is 10.1. The third-order valence-electron chi connectivity index (χ3n) is 5.51. The molecule has 0 aromatic heterocycles. The summed E-state index contributed by atoms with van der Waals surface area (Å²) in [6.07, 6.45) is 0. The largest absolute Gasteiger partial charge is 0.507 e. The molecule has 1 N–H and O–H groups in total. The number of methoxy groups -OCH3 is 2. The normalized spacial score (nSPS) is 17.4. The zero-order chi connectivity index (χ0) is 22.7. The van der Waals surface area contributed by atoms with E-state index in [0.29, 0.717) is 22.6 Å². The Morgan fingerprint density at radius 1 is 0.875 bits per heavy atom. The molecular formula is C26H23NO5. The number of likely N-dealkylation sites (tertiary alicyclic amines) is 1. The van der Waals surface area contributed by atoms with Crippen LogP contribution in [0.25, 0.3) is 5.76 Å². The standard InChI is InChI=1S/C26H23NO5/c1-31-20-13-11-18(12-14-20)23-22(24(28)19-9-6-10-21(15-19)32-2)25(29)26(30)27(23)16-17-7-4-3-5-8-17/h3-15,23,28H,16H2,1-2H3/b24-22+. The highest BCUT2D eigenvalue weighted by atomic mass is 16.5. The summed E-state index contributed by atoms with van der Waals surface area (Å²) >= 11 is 0. The van der Waals surface area contributed by atoms with E-state index in [4.69, 9.17) is 9.47 Å². The molecule has 1 atom stereocenters. The number of carbonyl (C=O) groups is 2. The summed E-state index contributed by atoms with van der Waals surface area (Å²) in [4.78, 5) is 27.7. The van der Waals surface area contributed by atoms with Crippen LogP contribution in [0.5, 0.6) is 11.5 Å². The topological polar surface area (TPSA) is 76.1 Å². The quantitative estimate of drug-likeness (QED) is 0.359. The van der Waals surface area contributed by atoms with Crippen LogP contribution in [0.15, 0.2) is 84.4 Å². The van der Waals surface area contributed by atoms with Crippen molar-refractivity contribution < 1.29 is 24.2 Å². The van der Waals surface area contributed by atoms with E-state index in [1.165, 1.54) is 12.0 Å². The molecule has 0 spiro atoms. The number of ketones is 1. The Hall–Kier alpha value is -4.06. The van der Waals surface area contributed by atoms with Crippen LogP contribution in [0.1, 0.15) is 22.7 Å². The Balaban J connectivity index is 1.85. The third kappa shape index (κ3) is 3.95. The number of hydrogen-bond acceptors (Lipinski definition) is 5. The Kier molecular flexibility index (Phi) is 5.94. The predicted octanol–water partition coefficient (Wildman–Crippen LogP) is 4.33. The van der Waals surface area contributed by atoms with Crippen molar-refractivity contribution in [2.24, 2.45) is 0 Å². The zero-order valence-corrected chi connectivity index (χ0v) is 17.8. The van der Waals surface area contributed by atoms with E-state index in [-0.39, 0.29) is 17.9 Å². The van der Waals surface area contributed by atoms with E-state index >= 15 is 0 Å². The molecule has 1 aliphatic heterocycles. The van der Waals surface area contributed by atoms with E-state index in [9.17, 15) is 14.7 Å². The van der Waals surface area contributed by atoms with Gasteiger partial charge in [-0.1, -0.05) is 54.6 Å². The van der Waals surface area contributed by atoms with Gasteiger partial charge in [-0.25, -0.2) is 0 Å². The predicted molar refractivity (Wildman–Crippen MR) is 120 cm³/mol. The van der Waals surface area contributed by atoms with E-state index in [0.717, 1.165) is 5.56 Å². The maximum Gasteiger partial charge on any atom is 0.295 e. The molecule has 1 unspecified atom stereocenters. The van der Waals surface area contributed by atoms with Gasteiger partial charge in [0.15, 0.2) is 0 Å².